The van der Waals surface area contributed by atoms with E-state index in [1.807, 2.05) is 6.08 Å². The van der Waals surface area contributed by atoms with Gasteiger partial charge in [0.2, 0.25) is 11.8 Å². The Hall–Kier alpha value is -5.74. The molecule has 286 valence electrons. The Morgan fingerprint density at radius 1 is 0.614 bits per heavy atom. The van der Waals surface area contributed by atoms with Gasteiger partial charge in [0, 0.05) is 16.6 Å². The average molecular weight is 749 g/mol. The van der Waals surface area contributed by atoms with Gasteiger partial charge in [-0.2, -0.15) is 0 Å². The van der Waals surface area contributed by atoms with Gasteiger partial charge in [-0.05, 0) is 75.6 Å². The lowest BCUT2D eigenvalue weighted by molar-refractivity contribution is 0.147. The van der Waals surface area contributed by atoms with Crippen LogP contribution in [0.2, 0.25) is 0 Å². The van der Waals surface area contributed by atoms with E-state index >= 15 is 0 Å². The first-order chi connectivity index (χ1) is 27.4. The van der Waals surface area contributed by atoms with Gasteiger partial charge in [-0.1, -0.05) is 192 Å². The molecule has 2 heterocycles. The van der Waals surface area contributed by atoms with E-state index in [0.29, 0.717) is 11.8 Å². The molecule has 2 aliphatic carbocycles. The van der Waals surface area contributed by atoms with Crippen molar-refractivity contribution < 1.29 is 9.47 Å². The Morgan fingerprint density at radius 2 is 1.07 bits per heavy atom. The number of rotatable bonds is 8. The molecule has 0 saturated heterocycles. The first-order valence-electron chi connectivity index (χ1n) is 20.4. The maximum absolute atomic E-state index is 7.31. The van der Waals surface area contributed by atoms with Crippen molar-refractivity contribution in [2.24, 2.45) is 21.3 Å². The molecule has 0 N–H and O–H groups in total. The van der Waals surface area contributed by atoms with Crippen molar-refractivity contribution in [1.82, 2.24) is 0 Å². The van der Waals surface area contributed by atoms with Gasteiger partial charge in [0.1, 0.15) is 12.1 Å². The topological polar surface area (TPSA) is 43.2 Å². The largest absolute Gasteiger partial charge is 0.467 e. The van der Waals surface area contributed by atoms with Gasteiger partial charge >= 0.3 is 0 Å². The first-order valence-corrected chi connectivity index (χ1v) is 20.4. The van der Waals surface area contributed by atoms with Crippen LogP contribution in [-0.4, -0.2) is 11.8 Å². The van der Waals surface area contributed by atoms with Crippen molar-refractivity contribution in [2.75, 3.05) is 0 Å². The Bertz CT molecular complexity index is 2480. The molecule has 4 aliphatic rings. The molecule has 0 radical (unpaired) electrons. The molecule has 0 amide bonds. The Kier molecular flexibility index (Phi) is 8.88. The summed E-state index contributed by atoms with van der Waals surface area (Å²) in [7, 11) is 0. The average Bonchev–Trinajstić information content (AvgIpc) is 3.95. The van der Waals surface area contributed by atoms with E-state index < -0.39 is 5.41 Å². The molecule has 0 fully saturated rings. The zero-order valence-electron chi connectivity index (χ0n) is 34.2. The van der Waals surface area contributed by atoms with Crippen LogP contribution in [0.3, 0.4) is 0 Å². The quantitative estimate of drug-likeness (QED) is 0.148. The fourth-order valence-electron chi connectivity index (χ4n) is 11.2. The SMILES string of the molecule is C=C/C(C)=C\C1=C(C2=N[C@@H](c3ccccc3)[C@H](c3ccccc3)O2)[C@@]2(C)c3c(C4=N[C@@H](c5ccccc5)[C@H](c5ccccc5)O4)cc(C)cc3C(C)(C)[C@H]2C1(C)C. The summed E-state index contributed by atoms with van der Waals surface area (Å²) < 4.78 is 14.5. The van der Waals surface area contributed by atoms with Crippen LogP contribution in [0, 0.1) is 18.3 Å². The number of fused-ring (bicyclic) bond motifs is 3. The van der Waals surface area contributed by atoms with E-state index in [4.69, 9.17) is 19.5 Å². The van der Waals surface area contributed by atoms with Gasteiger partial charge in [-0.25, -0.2) is 9.98 Å². The minimum Gasteiger partial charge on any atom is -0.467 e. The molecular weight excluding hydrogens is 697 g/mol. The molecule has 2 aliphatic heterocycles. The third-order valence-electron chi connectivity index (χ3n) is 13.2. The molecule has 0 bridgehead atoms. The number of benzene rings is 5. The standard InChI is InChI=1S/C53H52N2O2/c1-9-33(2)31-41-43(49-55-45(36-24-16-11-17-25-36)47(57-49)38-28-20-13-21-29-38)53(8)42-39(30-34(3)32-40(42)51(4,5)50(53)52(41,6)7)48-54-44(35-22-14-10-15-23-35)46(56-48)37-26-18-12-19-27-37/h9-32,44-47,50H,1H2,2-8H3/b33-31-/t44-,45-,46-,47-,50-,53+/m0/s1. The monoisotopic (exact) mass is 748 g/mol. The molecule has 0 unspecified atom stereocenters. The number of hydrogen-bond acceptors (Lipinski definition) is 4. The van der Waals surface area contributed by atoms with E-state index in [1.165, 1.54) is 22.3 Å². The van der Waals surface area contributed by atoms with Gasteiger partial charge in [0.15, 0.2) is 12.2 Å². The van der Waals surface area contributed by atoms with Crippen LogP contribution in [0.1, 0.15) is 110 Å². The second-order valence-corrected chi connectivity index (χ2v) is 17.7. The van der Waals surface area contributed by atoms with Crippen LogP contribution in [-0.2, 0) is 20.3 Å². The predicted octanol–water partition coefficient (Wildman–Crippen LogP) is 12.8. The normalized spacial score (nSPS) is 26.9. The third-order valence-corrected chi connectivity index (χ3v) is 13.2. The van der Waals surface area contributed by atoms with E-state index in [9.17, 15) is 0 Å². The number of allylic oxidation sites excluding steroid dienone is 4. The summed E-state index contributed by atoms with van der Waals surface area (Å²) in [6, 6.07) is 46.6. The Balaban J connectivity index is 1.29. The maximum Gasteiger partial charge on any atom is 0.217 e. The van der Waals surface area contributed by atoms with E-state index in [1.54, 1.807) is 0 Å². The van der Waals surface area contributed by atoms with Crippen LogP contribution in [0.4, 0.5) is 0 Å². The van der Waals surface area contributed by atoms with Crippen LogP contribution in [0.25, 0.3) is 0 Å². The molecule has 57 heavy (non-hydrogen) atoms. The highest BCUT2D eigenvalue weighted by atomic mass is 16.5. The van der Waals surface area contributed by atoms with Crippen LogP contribution in [0.15, 0.2) is 179 Å². The summed E-state index contributed by atoms with van der Waals surface area (Å²) in [5.41, 5.74) is 11.8. The van der Waals surface area contributed by atoms with Gasteiger partial charge in [0.25, 0.3) is 0 Å². The fourth-order valence-corrected chi connectivity index (χ4v) is 11.2. The van der Waals surface area contributed by atoms with Crippen LogP contribution >= 0.6 is 0 Å². The Labute approximate surface area is 338 Å². The zero-order chi connectivity index (χ0) is 39.7. The highest BCUT2D eigenvalue weighted by Gasteiger charge is 2.68. The lowest BCUT2D eigenvalue weighted by atomic mass is 9.60. The number of hydrogen-bond donors (Lipinski definition) is 0. The zero-order valence-corrected chi connectivity index (χ0v) is 34.2. The summed E-state index contributed by atoms with van der Waals surface area (Å²) in [5.74, 6) is 1.56. The number of aliphatic imine (C=N–C) groups is 2. The summed E-state index contributed by atoms with van der Waals surface area (Å²) in [5, 5.41) is 0. The van der Waals surface area contributed by atoms with Crippen molar-refractivity contribution in [3.63, 3.8) is 0 Å². The van der Waals surface area contributed by atoms with E-state index in [-0.39, 0.29) is 41.0 Å². The van der Waals surface area contributed by atoms with Gasteiger partial charge in [-0.3, -0.25) is 0 Å². The second-order valence-electron chi connectivity index (χ2n) is 17.7. The third kappa shape index (κ3) is 5.78. The van der Waals surface area contributed by atoms with E-state index in [0.717, 1.165) is 39.0 Å². The predicted molar refractivity (Wildman–Crippen MR) is 233 cm³/mol. The lowest BCUT2D eigenvalue weighted by Crippen LogP contribution is -2.42. The minimum atomic E-state index is -0.525. The molecule has 0 spiro atoms. The summed E-state index contributed by atoms with van der Waals surface area (Å²) in [4.78, 5) is 11.2. The molecule has 5 aromatic rings. The maximum atomic E-state index is 7.31. The number of nitrogens with zero attached hydrogens (tertiary/aromatic N) is 2. The van der Waals surface area contributed by atoms with E-state index in [2.05, 4.69) is 195 Å². The molecule has 9 rings (SSSR count). The fraction of sp³-hybridized carbons (Fsp3) is 0.283. The number of aryl methyl sites for hydroxylation is 1. The van der Waals surface area contributed by atoms with Gasteiger partial charge in [-0.15, -0.1) is 0 Å². The summed E-state index contributed by atoms with van der Waals surface area (Å²) in [6.07, 6.45) is 3.76. The smallest absolute Gasteiger partial charge is 0.217 e. The minimum absolute atomic E-state index is 0.154. The Morgan fingerprint density at radius 3 is 1.56 bits per heavy atom. The molecule has 6 atom stereocenters. The molecule has 4 heteroatoms. The molecule has 0 aromatic heterocycles. The van der Waals surface area contributed by atoms with Crippen LogP contribution < -0.4 is 0 Å². The van der Waals surface area contributed by atoms with Crippen molar-refractivity contribution in [2.45, 2.75) is 83.6 Å². The van der Waals surface area contributed by atoms with Crippen LogP contribution in [0.5, 0.6) is 0 Å². The van der Waals surface area contributed by atoms with Crippen molar-refractivity contribution in [3.05, 3.63) is 213 Å². The second kappa shape index (κ2) is 13.7. The molecule has 5 aromatic carbocycles. The lowest BCUT2D eigenvalue weighted by Gasteiger charge is -2.43. The molecule has 0 saturated carbocycles. The van der Waals surface area contributed by atoms with Crippen molar-refractivity contribution in [1.29, 1.82) is 0 Å². The summed E-state index contributed by atoms with van der Waals surface area (Å²) in [6.45, 7) is 20.7. The molecular formula is C53H52N2O2. The molecule has 4 nitrogen and oxygen atoms in total. The highest BCUT2D eigenvalue weighted by molar-refractivity contribution is 6.04. The highest BCUT2D eigenvalue weighted by Crippen LogP contribution is 2.71. The number of ether oxygens (including phenoxy) is 2. The summed E-state index contributed by atoms with van der Waals surface area (Å²) >= 11 is 0. The first kappa shape index (κ1) is 36.9. The van der Waals surface area contributed by atoms with Gasteiger partial charge < -0.3 is 9.47 Å². The van der Waals surface area contributed by atoms with Crippen molar-refractivity contribution in [3.8, 4) is 0 Å². The van der Waals surface area contributed by atoms with Crippen molar-refractivity contribution >= 4 is 11.8 Å². The van der Waals surface area contributed by atoms with Gasteiger partial charge in [0.05, 0.1) is 0 Å².